The maximum absolute atomic E-state index is 8.10. The minimum Gasteiger partial charge on any atom is -0.324 e. The molecule has 1 aliphatic rings. The van der Waals surface area contributed by atoms with Crippen LogP contribution in [0.4, 0.5) is 0 Å². The topological polar surface area (TPSA) is 49.9 Å². The van der Waals surface area contributed by atoms with Gasteiger partial charge < -0.3 is 11.1 Å². The molecule has 3 N–H and O–H groups in total. The highest BCUT2D eigenvalue weighted by Crippen LogP contribution is 2.20. The van der Waals surface area contributed by atoms with Gasteiger partial charge in [0.15, 0.2) is 0 Å². The summed E-state index contributed by atoms with van der Waals surface area (Å²) in [6.07, 6.45) is 9.79. The van der Waals surface area contributed by atoms with E-state index in [2.05, 4.69) is 12.2 Å². The molecule has 2 atom stereocenters. The Morgan fingerprint density at radius 1 is 1.29 bits per heavy atom. The van der Waals surface area contributed by atoms with Gasteiger partial charge in [0.1, 0.15) is 0 Å². The fourth-order valence-electron chi connectivity index (χ4n) is 2.05. The van der Waals surface area contributed by atoms with Crippen molar-refractivity contribution in [2.45, 2.75) is 18.9 Å². The Hall–Kier alpha value is -1.67. The van der Waals surface area contributed by atoms with E-state index >= 15 is 0 Å². The summed E-state index contributed by atoms with van der Waals surface area (Å²) in [4.78, 5) is 0. The van der Waals surface area contributed by atoms with E-state index in [1.807, 2.05) is 42.5 Å². The van der Waals surface area contributed by atoms with Crippen molar-refractivity contribution in [2.75, 3.05) is 0 Å². The van der Waals surface area contributed by atoms with Crippen molar-refractivity contribution in [3.8, 4) is 0 Å². The molecule has 0 spiro atoms. The predicted molar refractivity (Wildman–Crippen MR) is 72.1 cm³/mol. The van der Waals surface area contributed by atoms with Gasteiger partial charge in [0.05, 0.1) is 0 Å². The molecule has 0 fully saturated rings. The van der Waals surface area contributed by atoms with Crippen molar-refractivity contribution in [2.24, 2.45) is 11.7 Å². The SMILES string of the molecule is N=C(CC(N)c1ccccc1)[C@H]1C=CC=CC1. The average molecular weight is 226 g/mol. The first kappa shape index (κ1) is 11.8. The van der Waals surface area contributed by atoms with E-state index in [1.165, 1.54) is 0 Å². The molecule has 88 valence electrons. The molecular weight excluding hydrogens is 208 g/mol. The molecule has 2 rings (SSSR count). The molecule has 0 radical (unpaired) electrons. The van der Waals surface area contributed by atoms with Crippen molar-refractivity contribution in [3.05, 3.63) is 60.2 Å². The summed E-state index contributed by atoms with van der Waals surface area (Å²) in [6.45, 7) is 0. The fourth-order valence-corrected chi connectivity index (χ4v) is 2.05. The van der Waals surface area contributed by atoms with Gasteiger partial charge in [0.25, 0.3) is 0 Å². The second-order valence-corrected chi connectivity index (χ2v) is 4.40. The quantitative estimate of drug-likeness (QED) is 0.761. The number of rotatable bonds is 4. The van der Waals surface area contributed by atoms with Crippen LogP contribution in [-0.4, -0.2) is 5.71 Å². The standard InChI is InChI=1S/C15H18N2/c16-14(12-7-3-1-4-8-12)11-15(17)13-9-5-2-6-10-13/h1-9,13-14,17H,10-11,16H2/t13-,14?/m0/s1. The van der Waals surface area contributed by atoms with E-state index in [4.69, 9.17) is 11.1 Å². The summed E-state index contributed by atoms with van der Waals surface area (Å²) in [7, 11) is 0. The van der Waals surface area contributed by atoms with Gasteiger partial charge in [-0.05, 0) is 12.0 Å². The third-order valence-electron chi connectivity index (χ3n) is 3.10. The van der Waals surface area contributed by atoms with E-state index in [0.717, 1.165) is 17.7 Å². The molecule has 17 heavy (non-hydrogen) atoms. The zero-order valence-corrected chi connectivity index (χ0v) is 9.84. The van der Waals surface area contributed by atoms with E-state index in [-0.39, 0.29) is 12.0 Å². The summed E-state index contributed by atoms with van der Waals surface area (Å²) in [5.41, 5.74) is 7.95. The maximum atomic E-state index is 8.10. The van der Waals surface area contributed by atoms with Gasteiger partial charge in [-0.15, -0.1) is 0 Å². The Kier molecular flexibility index (Phi) is 3.89. The van der Waals surface area contributed by atoms with Crippen LogP contribution in [0.3, 0.4) is 0 Å². The Morgan fingerprint density at radius 2 is 2.06 bits per heavy atom. The highest BCUT2D eigenvalue weighted by molar-refractivity contribution is 5.86. The molecule has 0 saturated carbocycles. The maximum Gasteiger partial charge on any atom is 0.0347 e. The largest absolute Gasteiger partial charge is 0.324 e. The first-order valence-corrected chi connectivity index (χ1v) is 5.98. The van der Waals surface area contributed by atoms with Gasteiger partial charge in [0, 0.05) is 24.1 Å². The predicted octanol–water partition coefficient (Wildman–Crippen LogP) is 3.23. The van der Waals surface area contributed by atoms with Crippen molar-refractivity contribution < 1.29 is 0 Å². The molecule has 2 heteroatoms. The molecule has 0 aliphatic heterocycles. The molecule has 1 unspecified atom stereocenters. The van der Waals surface area contributed by atoms with E-state index in [9.17, 15) is 0 Å². The van der Waals surface area contributed by atoms with Gasteiger partial charge in [-0.25, -0.2) is 0 Å². The number of hydrogen-bond donors (Lipinski definition) is 2. The Bertz CT molecular complexity index is 431. The summed E-state index contributed by atoms with van der Waals surface area (Å²) >= 11 is 0. The zero-order chi connectivity index (χ0) is 12.1. The third kappa shape index (κ3) is 3.14. The van der Waals surface area contributed by atoms with E-state index in [1.54, 1.807) is 0 Å². The first-order valence-electron chi connectivity index (χ1n) is 5.98. The van der Waals surface area contributed by atoms with Gasteiger partial charge in [-0.3, -0.25) is 0 Å². The van der Waals surface area contributed by atoms with Crippen molar-refractivity contribution in [1.82, 2.24) is 0 Å². The third-order valence-corrected chi connectivity index (χ3v) is 3.10. The van der Waals surface area contributed by atoms with Crippen LogP contribution in [0.2, 0.25) is 0 Å². The van der Waals surface area contributed by atoms with Crippen molar-refractivity contribution in [3.63, 3.8) is 0 Å². The minimum atomic E-state index is -0.0667. The number of nitrogens with two attached hydrogens (primary N) is 1. The summed E-state index contributed by atoms with van der Waals surface area (Å²) in [5.74, 6) is 0.231. The second-order valence-electron chi connectivity index (χ2n) is 4.40. The van der Waals surface area contributed by atoms with Gasteiger partial charge in [0.2, 0.25) is 0 Å². The molecule has 1 aliphatic carbocycles. The Balaban J connectivity index is 1.95. The molecule has 2 nitrogen and oxygen atoms in total. The van der Waals surface area contributed by atoms with Crippen LogP contribution in [0, 0.1) is 11.3 Å². The van der Waals surface area contributed by atoms with E-state index < -0.39 is 0 Å². The van der Waals surface area contributed by atoms with E-state index in [0.29, 0.717) is 6.42 Å². The van der Waals surface area contributed by atoms with Crippen LogP contribution in [0.1, 0.15) is 24.4 Å². The lowest BCUT2D eigenvalue weighted by molar-refractivity contribution is 0.721. The molecule has 0 aromatic heterocycles. The summed E-state index contributed by atoms with van der Waals surface area (Å²) in [5, 5.41) is 8.10. The van der Waals surface area contributed by atoms with Crippen LogP contribution in [0.15, 0.2) is 54.6 Å². The zero-order valence-electron chi connectivity index (χ0n) is 9.84. The minimum absolute atomic E-state index is 0.0667. The Labute approximate surface area is 102 Å². The van der Waals surface area contributed by atoms with Gasteiger partial charge in [-0.2, -0.15) is 0 Å². The number of hydrogen-bond acceptors (Lipinski definition) is 2. The van der Waals surface area contributed by atoms with Gasteiger partial charge >= 0.3 is 0 Å². The molecule has 1 aromatic carbocycles. The molecule has 1 aromatic rings. The summed E-state index contributed by atoms with van der Waals surface area (Å²) < 4.78 is 0. The smallest absolute Gasteiger partial charge is 0.0347 e. The van der Waals surface area contributed by atoms with Crippen LogP contribution in [0.5, 0.6) is 0 Å². The number of allylic oxidation sites excluding steroid dienone is 4. The lowest BCUT2D eigenvalue weighted by Crippen LogP contribution is -2.20. The normalized spacial score (nSPS) is 20.2. The van der Waals surface area contributed by atoms with Crippen molar-refractivity contribution >= 4 is 5.71 Å². The van der Waals surface area contributed by atoms with Crippen LogP contribution in [0.25, 0.3) is 0 Å². The molecule has 0 bridgehead atoms. The number of nitrogens with one attached hydrogen (secondary N) is 1. The Morgan fingerprint density at radius 3 is 2.71 bits per heavy atom. The van der Waals surface area contributed by atoms with Gasteiger partial charge in [-0.1, -0.05) is 54.6 Å². The average Bonchev–Trinajstić information content (AvgIpc) is 2.40. The lowest BCUT2D eigenvalue weighted by Gasteiger charge is -2.18. The van der Waals surface area contributed by atoms with Crippen molar-refractivity contribution in [1.29, 1.82) is 5.41 Å². The van der Waals surface area contributed by atoms with Crippen LogP contribution < -0.4 is 5.73 Å². The molecule has 0 amide bonds. The lowest BCUT2D eigenvalue weighted by atomic mass is 9.90. The molecule has 0 heterocycles. The number of benzene rings is 1. The molecular formula is C15H18N2. The highest BCUT2D eigenvalue weighted by atomic mass is 14.6. The van der Waals surface area contributed by atoms with Crippen LogP contribution in [-0.2, 0) is 0 Å². The summed E-state index contributed by atoms with van der Waals surface area (Å²) in [6, 6.07) is 9.94. The monoisotopic (exact) mass is 226 g/mol. The van der Waals surface area contributed by atoms with Crippen LogP contribution >= 0.6 is 0 Å². The highest BCUT2D eigenvalue weighted by Gasteiger charge is 2.15. The second kappa shape index (κ2) is 5.60. The fraction of sp³-hybridized carbons (Fsp3) is 0.267. The first-order chi connectivity index (χ1) is 8.27. The molecule has 0 saturated heterocycles.